The number of nitrogens with zero attached hydrogens (tertiary/aromatic N) is 3. The van der Waals surface area contributed by atoms with E-state index in [1.54, 1.807) is 18.6 Å². The molecule has 0 aliphatic rings. The van der Waals surface area contributed by atoms with Crippen LogP contribution in [0.2, 0.25) is 0 Å². The summed E-state index contributed by atoms with van der Waals surface area (Å²) in [6, 6.07) is 8.77. The number of hydrogen-bond acceptors (Lipinski definition) is 1. The zero-order chi connectivity index (χ0) is 18.1. The van der Waals surface area contributed by atoms with Gasteiger partial charge in [-0.2, -0.15) is 0 Å². The van der Waals surface area contributed by atoms with Gasteiger partial charge in [0.2, 0.25) is 6.33 Å². The number of imidazole rings is 1. The van der Waals surface area contributed by atoms with E-state index in [2.05, 4.69) is 61.6 Å². The predicted molar refractivity (Wildman–Crippen MR) is 105 cm³/mol. The van der Waals surface area contributed by atoms with Crippen LogP contribution in [0.4, 0.5) is 0 Å². The Labute approximate surface area is 150 Å². The minimum absolute atomic E-state index is 0.859. The van der Waals surface area contributed by atoms with Crippen LogP contribution in [0, 0.1) is 0 Å². The summed E-state index contributed by atoms with van der Waals surface area (Å²) in [5.41, 5.74) is 3.89. The van der Waals surface area contributed by atoms with Crippen molar-refractivity contribution in [2.75, 3.05) is 0 Å². The Kier molecular flexibility index (Phi) is 6.78. The first-order valence-electron chi connectivity index (χ1n) is 8.28. The van der Waals surface area contributed by atoms with E-state index in [4.69, 9.17) is 0 Å². The lowest BCUT2D eigenvalue weighted by atomic mass is 10.0. The van der Waals surface area contributed by atoms with Crippen LogP contribution in [-0.2, 0) is 13.0 Å². The fourth-order valence-electron chi connectivity index (χ4n) is 2.47. The normalized spacial score (nSPS) is 11.5. The second-order valence-corrected chi connectivity index (χ2v) is 5.88. The highest BCUT2D eigenvalue weighted by Crippen LogP contribution is 2.10. The molecule has 3 heteroatoms. The van der Waals surface area contributed by atoms with E-state index in [0.29, 0.717) is 0 Å². The number of rotatable bonds is 9. The third-order valence-electron chi connectivity index (χ3n) is 3.85. The van der Waals surface area contributed by atoms with Gasteiger partial charge in [-0.15, -0.1) is 0 Å². The summed E-state index contributed by atoms with van der Waals surface area (Å²) in [6.45, 7) is 14.2. The Balaban J connectivity index is 1.93. The van der Waals surface area contributed by atoms with Crippen molar-refractivity contribution in [1.29, 1.82) is 0 Å². The molecule has 0 N–H and O–H groups in total. The third kappa shape index (κ3) is 5.81. The van der Waals surface area contributed by atoms with Gasteiger partial charge in [-0.25, -0.2) is 9.13 Å². The van der Waals surface area contributed by atoms with Gasteiger partial charge in [-0.05, 0) is 30.5 Å². The van der Waals surface area contributed by atoms with E-state index in [9.17, 15) is 0 Å². The lowest BCUT2D eigenvalue weighted by molar-refractivity contribution is -0.687. The SMILES string of the molecule is C=CN(C=C)C=CC=C(C)Cc1ccc(C[n+]2ccn(C=C)c2)cc1. The first-order valence-corrected chi connectivity index (χ1v) is 8.28. The van der Waals surface area contributed by atoms with E-state index in [0.717, 1.165) is 13.0 Å². The summed E-state index contributed by atoms with van der Waals surface area (Å²) in [7, 11) is 0. The fraction of sp³-hybridized carbons (Fsp3) is 0.136. The maximum absolute atomic E-state index is 3.76. The van der Waals surface area contributed by atoms with Gasteiger partial charge in [-0.1, -0.05) is 55.7 Å². The number of hydrogen-bond donors (Lipinski definition) is 0. The highest BCUT2D eigenvalue weighted by molar-refractivity contribution is 5.27. The Morgan fingerprint density at radius 2 is 1.80 bits per heavy atom. The number of aromatic nitrogens is 2. The molecule has 0 saturated carbocycles. The van der Waals surface area contributed by atoms with E-state index < -0.39 is 0 Å². The summed E-state index contributed by atoms with van der Waals surface area (Å²) in [5.74, 6) is 0. The van der Waals surface area contributed by atoms with Gasteiger partial charge in [0.15, 0.2) is 0 Å². The van der Waals surface area contributed by atoms with Gasteiger partial charge < -0.3 is 4.90 Å². The minimum atomic E-state index is 0.859. The number of allylic oxidation sites excluding steroid dienone is 3. The van der Waals surface area contributed by atoms with E-state index >= 15 is 0 Å². The maximum Gasteiger partial charge on any atom is 0.248 e. The monoisotopic (exact) mass is 332 g/mol. The maximum atomic E-state index is 3.76. The Hall–Kier alpha value is -3.07. The Morgan fingerprint density at radius 3 is 2.40 bits per heavy atom. The van der Waals surface area contributed by atoms with Crippen LogP contribution in [0.1, 0.15) is 18.1 Å². The van der Waals surface area contributed by atoms with E-state index in [1.165, 1.54) is 16.7 Å². The first kappa shape index (κ1) is 18.3. The second-order valence-electron chi connectivity index (χ2n) is 5.88. The molecule has 128 valence electrons. The molecule has 1 aromatic carbocycles. The van der Waals surface area contributed by atoms with Gasteiger partial charge in [0.1, 0.15) is 18.9 Å². The summed E-state index contributed by atoms with van der Waals surface area (Å²) >= 11 is 0. The summed E-state index contributed by atoms with van der Waals surface area (Å²) < 4.78 is 4.08. The average Bonchev–Trinajstić information content (AvgIpc) is 3.08. The molecular formula is C22H26N3+. The van der Waals surface area contributed by atoms with Crippen LogP contribution in [0.5, 0.6) is 0 Å². The van der Waals surface area contributed by atoms with E-state index in [1.807, 2.05) is 40.5 Å². The first-order chi connectivity index (χ1) is 12.1. The van der Waals surface area contributed by atoms with Gasteiger partial charge in [0.05, 0.1) is 6.20 Å². The quantitative estimate of drug-likeness (QED) is 0.486. The van der Waals surface area contributed by atoms with Crippen LogP contribution in [-0.4, -0.2) is 9.47 Å². The molecule has 0 radical (unpaired) electrons. The average molecular weight is 332 g/mol. The zero-order valence-electron chi connectivity index (χ0n) is 14.9. The molecule has 0 bridgehead atoms. The molecule has 1 heterocycles. The van der Waals surface area contributed by atoms with Crippen molar-refractivity contribution in [3.63, 3.8) is 0 Å². The van der Waals surface area contributed by atoms with Crippen molar-refractivity contribution in [3.05, 3.63) is 110 Å². The molecule has 0 aliphatic carbocycles. The largest absolute Gasteiger partial charge is 0.332 e. The van der Waals surface area contributed by atoms with Crippen LogP contribution < -0.4 is 4.57 Å². The summed E-state index contributed by atoms with van der Waals surface area (Å²) in [6.07, 6.45) is 18.3. The molecule has 2 rings (SSSR count). The molecule has 25 heavy (non-hydrogen) atoms. The Morgan fingerprint density at radius 1 is 1.12 bits per heavy atom. The molecular weight excluding hydrogens is 306 g/mol. The number of benzene rings is 1. The predicted octanol–water partition coefficient (Wildman–Crippen LogP) is 4.52. The van der Waals surface area contributed by atoms with Gasteiger partial charge in [-0.3, -0.25) is 0 Å². The molecule has 1 aromatic heterocycles. The minimum Gasteiger partial charge on any atom is -0.332 e. The lowest BCUT2D eigenvalue weighted by Gasteiger charge is -2.06. The van der Waals surface area contributed by atoms with Crippen LogP contribution in [0.15, 0.2) is 99.0 Å². The van der Waals surface area contributed by atoms with Crippen molar-refractivity contribution in [3.8, 4) is 0 Å². The molecule has 0 amide bonds. The fourth-order valence-corrected chi connectivity index (χ4v) is 2.47. The molecule has 0 aliphatic heterocycles. The van der Waals surface area contributed by atoms with Crippen molar-refractivity contribution in [2.24, 2.45) is 0 Å². The molecule has 0 fully saturated rings. The third-order valence-corrected chi connectivity index (χ3v) is 3.85. The van der Waals surface area contributed by atoms with E-state index in [-0.39, 0.29) is 0 Å². The topological polar surface area (TPSA) is 12.1 Å². The summed E-state index contributed by atoms with van der Waals surface area (Å²) in [5, 5.41) is 0. The van der Waals surface area contributed by atoms with Gasteiger partial charge in [0, 0.05) is 18.6 Å². The van der Waals surface area contributed by atoms with Crippen LogP contribution in [0.25, 0.3) is 6.20 Å². The molecule has 0 atom stereocenters. The molecule has 3 nitrogen and oxygen atoms in total. The standard InChI is InChI=1S/C22H26N3/c1-5-23(6-2)14-8-9-20(4)17-21-10-12-22(13-11-21)18-25-16-15-24(7-3)19-25/h5-16,19H,1-3,17-18H2,4H3/q+1. The second kappa shape index (κ2) is 9.28. The molecule has 2 aromatic rings. The highest BCUT2D eigenvalue weighted by atomic mass is 15.1. The van der Waals surface area contributed by atoms with Crippen LogP contribution >= 0.6 is 0 Å². The van der Waals surface area contributed by atoms with Crippen molar-refractivity contribution >= 4 is 6.20 Å². The van der Waals surface area contributed by atoms with Crippen molar-refractivity contribution in [1.82, 2.24) is 9.47 Å². The van der Waals surface area contributed by atoms with Gasteiger partial charge in [0.25, 0.3) is 0 Å². The zero-order valence-corrected chi connectivity index (χ0v) is 14.9. The Bertz CT molecular complexity index is 768. The summed E-state index contributed by atoms with van der Waals surface area (Å²) in [4.78, 5) is 1.82. The molecule has 0 spiro atoms. The lowest BCUT2D eigenvalue weighted by Crippen LogP contribution is -2.31. The van der Waals surface area contributed by atoms with Crippen LogP contribution in [0.3, 0.4) is 0 Å². The van der Waals surface area contributed by atoms with Crippen molar-refractivity contribution in [2.45, 2.75) is 19.9 Å². The van der Waals surface area contributed by atoms with Crippen molar-refractivity contribution < 1.29 is 4.57 Å². The van der Waals surface area contributed by atoms with Gasteiger partial charge >= 0.3 is 0 Å². The smallest absolute Gasteiger partial charge is 0.248 e. The molecule has 0 unspecified atom stereocenters. The molecule has 0 saturated heterocycles. The highest BCUT2D eigenvalue weighted by Gasteiger charge is 2.03.